The predicted octanol–water partition coefficient (Wildman–Crippen LogP) is -0.872. The van der Waals surface area contributed by atoms with Crippen LogP contribution in [0.5, 0.6) is 0 Å². The molecule has 0 aromatic heterocycles. The molecule has 0 radical (unpaired) electrons. The van der Waals surface area contributed by atoms with Crippen LogP contribution in [0, 0.1) is 5.92 Å². The highest BCUT2D eigenvalue weighted by molar-refractivity contribution is 5.86. The summed E-state index contributed by atoms with van der Waals surface area (Å²) < 4.78 is 0. The summed E-state index contributed by atoms with van der Waals surface area (Å²) in [4.78, 5) is 32.1. The molecule has 0 aliphatic heterocycles. The van der Waals surface area contributed by atoms with E-state index in [9.17, 15) is 14.4 Å². The normalized spacial score (nSPS) is 14.4. The number of nitrogens with one attached hydrogen (secondary N) is 1. The zero-order valence-corrected chi connectivity index (χ0v) is 8.77. The van der Waals surface area contributed by atoms with E-state index in [-0.39, 0.29) is 5.92 Å². The maximum Gasteiger partial charge on any atom is 0.305 e. The molecule has 15 heavy (non-hydrogen) atoms. The van der Waals surface area contributed by atoms with Crippen LogP contribution in [0.15, 0.2) is 0 Å². The van der Waals surface area contributed by atoms with Gasteiger partial charge in [0.05, 0.1) is 18.5 Å². The molecule has 6 nitrogen and oxygen atoms in total. The van der Waals surface area contributed by atoms with E-state index in [0.717, 1.165) is 0 Å². The Balaban J connectivity index is 4.24. The number of aliphatic carboxylic acids is 1. The van der Waals surface area contributed by atoms with Gasteiger partial charge >= 0.3 is 5.97 Å². The molecule has 0 aliphatic rings. The number of amides is 1. The molecular formula is C9H16N2O4. The summed E-state index contributed by atoms with van der Waals surface area (Å²) >= 11 is 0. The maximum atomic E-state index is 11.3. The Morgan fingerprint density at radius 1 is 1.47 bits per heavy atom. The van der Waals surface area contributed by atoms with E-state index < -0.39 is 30.4 Å². The molecule has 0 bridgehead atoms. The largest absolute Gasteiger partial charge is 0.481 e. The third-order valence-corrected chi connectivity index (χ3v) is 1.91. The number of nitrogens with two attached hydrogens (primary N) is 1. The highest BCUT2D eigenvalue weighted by Gasteiger charge is 2.21. The number of hydrogen-bond donors (Lipinski definition) is 3. The second-order valence-corrected chi connectivity index (χ2v) is 3.62. The van der Waals surface area contributed by atoms with Crippen molar-refractivity contribution in [2.24, 2.45) is 11.7 Å². The molecule has 0 heterocycles. The molecule has 2 atom stereocenters. The maximum absolute atomic E-state index is 11.3. The van der Waals surface area contributed by atoms with Crippen LogP contribution in [-0.4, -0.2) is 35.4 Å². The van der Waals surface area contributed by atoms with Crippen LogP contribution in [-0.2, 0) is 14.4 Å². The topological polar surface area (TPSA) is 109 Å². The van der Waals surface area contributed by atoms with E-state index in [0.29, 0.717) is 6.29 Å². The molecule has 0 saturated carbocycles. The zero-order valence-electron chi connectivity index (χ0n) is 8.77. The molecule has 86 valence electrons. The summed E-state index contributed by atoms with van der Waals surface area (Å²) in [5.74, 6) is -1.73. The van der Waals surface area contributed by atoms with E-state index in [2.05, 4.69) is 5.32 Å². The molecule has 0 aliphatic carbocycles. The Labute approximate surface area is 87.8 Å². The SMILES string of the molecule is CC(C)[C@H](N)C(=O)NC(C=O)CC(=O)O. The summed E-state index contributed by atoms with van der Waals surface area (Å²) in [6.07, 6.45) is -0.0425. The summed E-state index contributed by atoms with van der Waals surface area (Å²) in [7, 11) is 0. The first-order chi connectivity index (χ1) is 6.88. The van der Waals surface area contributed by atoms with Crippen LogP contribution in [0.1, 0.15) is 20.3 Å². The summed E-state index contributed by atoms with van der Waals surface area (Å²) in [5, 5.41) is 10.7. The van der Waals surface area contributed by atoms with E-state index >= 15 is 0 Å². The van der Waals surface area contributed by atoms with Crippen molar-refractivity contribution >= 4 is 18.2 Å². The standard InChI is InChI=1S/C9H16N2O4/c1-5(2)8(10)9(15)11-6(4-12)3-7(13)14/h4-6,8H,3,10H2,1-2H3,(H,11,15)(H,13,14)/t6?,8-/m0/s1. The van der Waals surface area contributed by atoms with E-state index in [1.54, 1.807) is 13.8 Å². The molecule has 0 aromatic carbocycles. The highest BCUT2D eigenvalue weighted by Crippen LogP contribution is 1.99. The molecule has 0 rings (SSSR count). The van der Waals surface area contributed by atoms with Gasteiger partial charge in [0.1, 0.15) is 6.29 Å². The average molecular weight is 216 g/mol. The van der Waals surface area contributed by atoms with Crippen LogP contribution < -0.4 is 11.1 Å². The summed E-state index contributed by atoms with van der Waals surface area (Å²) in [5.41, 5.74) is 5.52. The lowest BCUT2D eigenvalue weighted by Gasteiger charge is -2.17. The average Bonchev–Trinajstić information content (AvgIpc) is 2.14. The van der Waals surface area contributed by atoms with Crippen LogP contribution in [0.3, 0.4) is 0 Å². The number of carbonyl (C=O) groups is 3. The Hall–Kier alpha value is -1.43. The predicted molar refractivity (Wildman–Crippen MR) is 53.1 cm³/mol. The summed E-state index contributed by atoms with van der Waals surface area (Å²) in [6.45, 7) is 3.52. The molecule has 0 saturated heterocycles. The van der Waals surface area contributed by atoms with Gasteiger partial charge in [-0.2, -0.15) is 0 Å². The third kappa shape index (κ3) is 5.11. The first-order valence-electron chi connectivity index (χ1n) is 4.61. The van der Waals surface area contributed by atoms with Crippen molar-refractivity contribution in [3.8, 4) is 0 Å². The second-order valence-electron chi connectivity index (χ2n) is 3.62. The minimum atomic E-state index is -1.15. The number of hydrogen-bond acceptors (Lipinski definition) is 4. The van der Waals surface area contributed by atoms with Crippen molar-refractivity contribution in [1.82, 2.24) is 5.32 Å². The molecule has 0 aromatic rings. The molecule has 6 heteroatoms. The van der Waals surface area contributed by atoms with Gasteiger partial charge in [0.2, 0.25) is 5.91 Å². The van der Waals surface area contributed by atoms with Gasteiger partial charge < -0.3 is 21.0 Å². The number of aldehydes is 1. The minimum absolute atomic E-state index is 0.0675. The van der Waals surface area contributed by atoms with Crippen molar-refractivity contribution in [2.45, 2.75) is 32.4 Å². The van der Waals surface area contributed by atoms with E-state index in [1.807, 2.05) is 0 Å². The quantitative estimate of drug-likeness (QED) is 0.500. The lowest BCUT2D eigenvalue weighted by atomic mass is 10.0. The van der Waals surface area contributed by atoms with Crippen LogP contribution in [0.4, 0.5) is 0 Å². The Morgan fingerprint density at radius 3 is 2.33 bits per heavy atom. The van der Waals surface area contributed by atoms with Gasteiger partial charge in [0, 0.05) is 0 Å². The number of carboxylic acids is 1. The smallest absolute Gasteiger partial charge is 0.305 e. The fourth-order valence-electron chi connectivity index (χ4n) is 0.903. The van der Waals surface area contributed by atoms with Gasteiger partial charge in [-0.05, 0) is 5.92 Å². The van der Waals surface area contributed by atoms with Gasteiger partial charge in [-0.25, -0.2) is 0 Å². The highest BCUT2D eigenvalue weighted by atomic mass is 16.4. The van der Waals surface area contributed by atoms with Gasteiger partial charge in [-0.15, -0.1) is 0 Å². The van der Waals surface area contributed by atoms with Crippen molar-refractivity contribution in [2.75, 3.05) is 0 Å². The van der Waals surface area contributed by atoms with Crippen molar-refractivity contribution in [3.05, 3.63) is 0 Å². The Morgan fingerprint density at radius 2 is 2.00 bits per heavy atom. The van der Waals surface area contributed by atoms with Gasteiger partial charge in [-0.3, -0.25) is 9.59 Å². The van der Waals surface area contributed by atoms with Gasteiger partial charge in [-0.1, -0.05) is 13.8 Å². The van der Waals surface area contributed by atoms with Crippen molar-refractivity contribution in [1.29, 1.82) is 0 Å². The fraction of sp³-hybridized carbons (Fsp3) is 0.667. The van der Waals surface area contributed by atoms with Crippen LogP contribution >= 0.6 is 0 Å². The minimum Gasteiger partial charge on any atom is -0.481 e. The summed E-state index contributed by atoms with van der Waals surface area (Å²) in [6, 6.07) is -1.75. The molecular weight excluding hydrogens is 200 g/mol. The first-order valence-corrected chi connectivity index (χ1v) is 4.61. The second kappa shape index (κ2) is 6.13. The Bertz CT molecular complexity index is 252. The van der Waals surface area contributed by atoms with Crippen LogP contribution in [0.25, 0.3) is 0 Å². The lowest BCUT2D eigenvalue weighted by Crippen LogP contribution is -2.48. The monoisotopic (exact) mass is 216 g/mol. The molecule has 4 N–H and O–H groups in total. The van der Waals surface area contributed by atoms with E-state index in [1.165, 1.54) is 0 Å². The first kappa shape index (κ1) is 13.6. The third-order valence-electron chi connectivity index (χ3n) is 1.91. The van der Waals surface area contributed by atoms with Gasteiger partial charge in [0.15, 0.2) is 0 Å². The number of carbonyl (C=O) groups excluding carboxylic acids is 2. The number of carboxylic acid groups (broad SMARTS) is 1. The van der Waals surface area contributed by atoms with Crippen molar-refractivity contribution in [3.63, 3.8) is 0 Å². The lowest BCUT2D eigenvalue weighted by molar-refractivity contribution is -0.138. The van der Waals surface area contributed by atoms with Gasteiger partial charge in [0.25, 0.3) is 0 Å². The van der Waals surface area contributed by atoms with Crippen LogP contribution in [0.2, 0.25) is 0 Å². The molecule has 0 spiro atoms. The van der Waals surface area contributed by atoms with E-state index in [4.69, 9.17) is 10.8 Å². The molecule has 1 amide bonds. The fourth-order valence-corrected chi connectivity index (χ4v) is 0.903. The Kier molecular flexibility index (Phi) is 5.54. The number of rotatable bonds is 6. The van der Waals surface area contributed by atoms with Crippen molar-refractivity contribution < 1.29 is 19.5 Å². The zero-order chi connectivity index (χ0) is 12.0. The molecule has 1 unspecified atom stereocenters. The molecule has 0 fully saturated rings.